The highest BCUT2D eigenvalue weighted by molar-refractivity contribution is 5.85. The van der Waals surface area contributed by atoms with Gasteiger partial charge in [-0.25, -0.2) is 0 Å². The number of carbonyl (C=O) groups excluding carboxylic acids is 1. The van der Waals surface area contributed by atoms with Gasteiger partial charge in [0.05, 0.1) is 6.61 Å². The number of hydrogen-bond donors (Lipinski definition) is 1. The van der Waals surface area contributed by atoms with Gasteiger partial charge in [0.2, 0.25) is 0 Å². The molecule has 1 atom stereocenters. The molecule has 2 rings (SSSR count). The van der Waals surface area contributed by atoms with Crippen LogP contribution in [0.5, 0.6) is 11.5 Å². The minimum Gasteiger partial charge on any atom is -0.494 e. The van der Waals surface area contributed by atoms with E-state index in [9.17, 15) is 4.79 Å². The van der Waals surface area contributed by atoms with Crippen LogP contribution in [0.4, 0.5) is 0 Å². The molecule has 0 aliphatic carbocycles. The second-order valence-electron chi connectivity index (χ2n) is 5.43. The van der Waals surface area contributed by atoms with Crippen molar-refractivity contribution in [3.8, 4) is 11.5 Å². The Balaban J connectivity index is 0.00000264. The lowest BCUT2D eigenvalue weighted by Crippen LogP contribution is -2.44. The van der Waals surface area contributed by atoms with Crippen LogP contribution >= 0.6 is 12.4 Å². The second-order valence-corrected chi connectivity index (χ2v) is 5.43. The first-order valence-corrected chi connectivity index (χ1v) is 8.10. The maximum Gasteiger partial charge on any atom is 0.260 e. The first-order chi connectivity index (χ1) is 10.7. The fraction of sp³-hybridized carbons (Fsp3) is 0.588. The Hall–Kier alpha value is -1.46. The number of carbonyl (C=O) groups is 1. The molecular weight excluding hydrogens is 316 g/mol. The van der Waals surface area contributed by atoms with Gasteiger partial charge in [-0.2, -0.15) is 0 Å². The molecule has 130 valence electrons. The lowest BCUT2D eigenvalue weighted by molar-refractivity contribution is -0.135. The maximum atomic E-state index is 12.4. The zero-order valence-corrected chi connectivity index (χ0v) is 14.7. The van der Waals surface area contributed by atoms with Crippen LogP contribution in [-0.4, -0.2) is 49.7 Å². The summed E-state index contributed by atoms with van der Waals surface area (Å²) >= 11 is 0. The third-order valence-electron chi connectivity index (χ3n) is 3.76. The summed E-state index contributed by atoms with van der Waals surface area (Å²) < 4.78 is 11.0. The third kappa shape index (κ3) is 5.92. The van der Waals surface area contributed by atoms with Gasteiger partial charge < -0.3 is 19.7 Å². The molecule has 0 spiro atoms. The first-order valence-electron chi connectivity index (χ1n) is 8.10. The van der Waals surface area contributed by atoms with Gasteiger partial charge in [-0.05, 0) is 50.6 Å². The standard InChI is InChI=1S/C17H26N2O3.ClH/c1-3-11-19(14-9-10-18-12-14)17(20)13-22-16-7-5-15(6-8-16)21-4-2;/h5-8,14,18H,3-4,9-13H2,1-2H3;1H. The van der Waals surface area contributed by atoms with E-state index in [4.69, 9.17) is 9.47 Å². The van der Waals surface area contributed by atoms with Crippen molar-refractivity contribution >= 4 is 18.3 Å². The summed E-state index contributed by atoms with van der Waals surface area (Å²) in [6.45, 7) is 7.42. The summed E-state index contributed by atoms with van der Waals surface area (Å²) in [5.41, 5.74) is 0. The number of halogens is 1. The SMILES string of the molecule is CCCN(C(=O)COc1ccc(OCC)cc1)C1CCNC1.Cl. The average Bonchev–Trinajstić information content (AvgIpc) is 3.06. The fourth-order valence-corrected chi connectivity index (χ4v) is 2.68. The predicted octanol–water partition coefficient (Wildman–Crippen LogP) is 2.49. The Bertz CT molecular complexity index is 461. The molecule has 1 saturated heterocycles. The Morgan fingerprint density at radius 2 is 1.87 bits per heavy atom. The molecule has 0 saturated carbocycles. The Kier molecular flexibility index (Phi) is 8.81. The van der Waals surface area contributed by atoms with Crippen LogP contribution in [0.25, 0.3) is 0 Å². The molecule has 1 aliphatic rings. The van der Waals surface area contributed by atoms with Gasteiger partial charge >= 0.3 is 0 Å². The summed E-state index contributed by atoms with van der Waals surface area (Å²) in [5.74, 6) is 1.56. The molecule has 1 N–H and O–H groups in total. The van der Waals surface area contributed by atoms with Crippen molar-refractivity contribution in [2.75, 3.05) is 32.8 Å². The molecule has 0 bridgehead atoms. The van der Waals surface area contributed by atoms with Gasteiger partial charge in [0.25, 0.3) is 5.91 Å². The van der Waals surface area contributed by atoms with Crippen molar-refractivity contribution in [1.82, 2.24) is 10.2 Å². The molecular formula is C17H27ClN2O3. The molecule has 1 aromatic carbocycles. The molecule has 1 amide bonds. The Labute approximate surface area is 144 Å². The van der Waals surface area contributed by atoms with Crippen molar-refractivity contribution in [2.45, 2.75) is 32.7 Å². The highest BCUT2D eigenvalue weighted by Crippen LogP contribution is 2.18. The lowest BCUT2D eigenvalue weighted by atomic mass is 10.2. The normalized spacial score (nSPS) is 16.5. The zero-order valence-electron chi connectivity index (χ0n) is 13.9. The van der Waals surface area contributed by atoms with Gasteiger partial charge in [-0.1, -0.05) is 6.92 Å². The summed E-state index contributed by atoms with van der Waals surface area (Å²) in [5, 5.41) is 3.31. The lowest BCUT2D eigenvalue weighted by Gasteiger charge is -2.28. The van der Waals surface area contributed by atoms with Gasteiger partial charge in [0, 0.05) is 19.1 Å². The molecule has 5 nitrogen and oxygen atoms in total. The van der Waals surface area contributed by atoms with Crippen molar-refractivity contribution in [2.24, 2.45) is 0 Å². The van der Waals surface area contributed by atoms with Crippen LogP contribution in [0.3, 0.4) is 0 Å². The minimum absolute atomic E-state index is 0. The molecule has 1 aliphatic heterocycles. The van der Waals surface area contributed by atoms with Crippen LogP contribution in [-0.2, 0) is 4.79 Å². The van der Waals surface area contributed by atoms with Crippen LogP contribution in [0.1, 0.15) is 26.7 Å². The smallest absolute Gasteiger partial charge is 0.260 e. The number of nitrogens with zero attached hydrogens (tertiary/aromatic N) is 1. The van der Waals surface area contributed by atoms with E-state index in [0.29, 0.717) is 18.4 Å². The number of benzene rings is 1. The number of nitrogens with one attached hydrogen (secondary N) is 1. The van der Waals surface area contributed by atoms with E-state index in [1.54, 1.807) is 0 Å². The van der Waals surface area contributed by atoms with Crippen molar-refractivity contribution < 1.29 is 14.3 Å². The molecule has 23 heavy (non-hydrogen) atoms. The topological polar surface area (TPSA) is 50.8 Å². The van der Waals surface area contributed by atoms with E-state index >= 15 is 0 Å². The number of hydrogen-bond acceptors (Lipinski definition) is 4. The number of rotatable bonds is 8. The van der Waals surface area contributed by atoms with Crippen LogP contribution < -0.4 is 14.8 Å². The van der Waals surface area contributed by atoms with E-state index in [-0.39, 0.29) is 24.9 Å². The molecule has 1 unspecified atom stereocenters. The highest BCUT2D eigenvalue weighted by Gasteiger charge is 2.25. The third-order valence-corrected chi connectivity index (χ3v) is 3.76. The van der Waals surface area contributed by atoms with Crippen molar-refractivity contribution in [3.63, 3.8) is 0 Å². The number of amides is 1. The predicted molar refractivity (Wildman–Crippen MR) is 93.6 cm³/mol. The van der Waals surface area contributed by atoms with Gasteiger partial charge in [-0.15, -0.1) is 12.4 Å². The van der Waals surface area contributed by atoms with Crippen LogP contribution in [0, 0.1) is 0 Å². The zero-order chi connectivity index (χ0) is 15.8. The monoisotopic (exact) mass is 342 g/mol. The summed E-state index contributed by atoms with van der Waals surface area (Å²) in [6, 6.07) is 7.68. The van der Waals surface area contributed by atoms with E-state index in [1.165, 1.54) is 0 Å². The van der Waals surface area contributed by atoms with Crippen molar-refractivity contribution in [3.05, 3.63) is 24.3 Å². The molecule has 1 heterocycles. The van der Waals surface area contributed by atoms with E-state index in [1.807, 2.05) is 36.1 Å². The average molecular weight is 343 g/mol. The van der Waals surface area contributed by atoms with E-state index in [2.05, 4.69) is 12.2 Å². The summed E-state index contributed by atoms with van der Waals surface area (Å²) in [6.07, 6.45) is 1.99. The maximum absolute atomic E-state index is 12.4. The van der Waals surface area contributed by atoms with Crippen LogP contribution in [0.2, 0.25) is 0 Å². The van der Waals surface area contributed by atoms with Gasteiger partial charge in [0.15, 0.2) is 6.61 Å². The summed E-state index contributed by atoms with van der Waals surface area (Å²) in [4.78, 5) is 14.4. The fourth-order valence-electron chi connectivity index (χ4n) is 2.68. The van der Waals surface area contributed by atoms with Crippen molar-refractivity contribution in [1.29, 1.82) is 0 Å². The largest absolute Gasteiger partial charge is 0.494 e. The van der Waals surface area contributed by atoms with Gasteiger partial charge in [-0.3, -0.25) is 4.79 Å². The summed E-state index contributed by atoms with van der Waals surface area (Å²) in [7, 11) is 0. The quantitative estimate of drug-likeness (QED) is 0.788. The van der Waals surface area contributed by atoms with Crippen LogP contribution in [0.15, 0.2) is 24.3 Å². The molecule has 1 fully saturated rings. The highest BCUT2D eigenvalue weighted by atomic mass is 35.5. The minimum atomic E-state index is 0. The molecule has 0 radical (unpaired) electrons. The molecule has 0 aromatic heterocycles. The van der Waals surface area contributed by atoms with E-state index in [0.717, 1.165) is 38.2 Å². The van der Waals surface area contributed by atoms with E-state index < -0.39 is 0 Å². The molecule has 1 aromatic rings. The first kappa shape index (κ1) is 19.6. The Morgan fingerprint density at radius 3 is 2.39 bits per heavy atom. The molecule has 6 heteroatoms. The number of ether oxygens (including phenoxy) is 2. The second kappa shape index (κ2) is 10.3. The Morgan fingerprint density at radius 1 is 1.22 bits per heavy atom. The van der Waals surface area contributed by atoms with Gasteiger partial charge in [0.1, 0.15) is 11.5 Å².